The summed E-state index contributed by atoms with van der Waals surface area (Å²) in [6.45, 7) is 10.0. The number of thiophene rings is 2. The monoisotopic (exact) mass is 180 g/mol. The molecule has 0 amide bonds. The minimum atomic E-state index is 1.10. The van der Waals surface area contributed by atoms with Crippen LogP contribution >= 0.6 is 22.7 Å². The summed E-state index contributed by atoms with van der Waals surface area (Å²) in [6, 6.07) is 2.20. The van der Waals surface area contributed by atoms with Crippen LogP contribution in [0.15, 0.2) is 6.07 Å². The zero-order chi connectivity index (χ0) is 8.01. The van der Waals surface area contributed by atoms with Gasteiger partial charge in [0.15, 0.2) is 0 Å². The van der Waals surface area contributed by atoms with Crippen molar-refractivity contribution in [3.8, 4) is 0 Å². The molecule has 0 saturated heterocycles. The van der Waals surface area contributed by atoms with Gasteiger partial charge in [-0.15, -0.1) is 22.7 Å². The lowest BCUT2D eigenvalue weighted by Gasteiger charge is -1.73. The Balaban J connectivity index is 3.11. The van der Waals surface area contributed by atoms with Gasteiger partial charge in [0.1, 0.15) is 0 Å². The lowest BCUT2D eigenvalue weighted by Crippen LogP contribution is -2.12. The largest absolute Gasteiger partial charge is 0.139 e. The maximum atomic E-state index is 3.98. The topological polar surface area (TPSA) is 0 Å². The number of hydrogen-bond donors (Lipinski definition) is 0. The first-order valence-corrected chi connectivity index (χ1v) is 4.98. The molecule has 0 aliphatic carbocycles. The molecule has 0 aliphatic heterocycles. The van der Waals surface area contributed by atoms with Gasteiger partial charge in [0, 0.05) is 19.3 Å². The second-order valence-corrected chi connectivity index (χ2v) is 4.95. The van der Waals surface area contributed by atoms with Crippen molar-refractivity contribution >= 4 is 45.2 Å². The average molecular weight is 180 g/mol. The maximum Gasteiger partial charge on any atom is 0.0525 e. The van der Waals surface area contributed by atoms with E-state index in [0.717, 1.165) is 9.75 Å². The van der Waals surface area contributed by atoms with Crippen LogP contribution in [0.5, 0.6) is 0 Å². The Hall–Kier alpha value is -0.600. The van der Waals surface area contributed by atoms with Gasteiger partial charge in [-0.25, -0.2) is 0 Å². The first-order valence-electron chi connectivity index (χ1n) is 3.35. The van der Waals surface area contributed by atoms with E-state index in [1.807, 2.05) is 11.3 Å². The molecule has 0 atom stereocenters. The Labute approximate surface area is 73.1 Å². The number of aryl methyl sites for hydroxylation is 1. The van der Waals surface area contributed by atoms with E-state index in [1.165, 1.54) is 14.3 Å². The molecule has 11 heavy (non-hydrogen) atoms. The van der Waals surface area contributed by atoms with Gasteiger partial charge < -0.3 is 0 Å². The predicted molar refractivity (Wildman–Crippen MR) is 54.7 cm³/mol. The highest BCUT2D eigenvalue weighted by Gasteiger charge is 2.01. The normalized spacial score (nSPS) is 11.0. The van der Waals surface area contributed by atoms with Gasteiger partial charge in [0.2, 0.25) is 0 Å². The molecule has 56 valence electrons. The van der Waals surface area contributed by atoms with Gasteiger partial charge >= 0.3 is 0 Å². The van der Waals surface area contributed by atoms with Crippen LogP contribution in [0.4, 0.5) is 0 Å². The Morgan fingerprint density at radius 3 is 2.64 bits per heavy atom. The van der Waals surface area contributed by atoms with E-state index >= 15 is 0 Å². The van der Waals surface area contributed by atoms with Crippen LogP contribution in [0, 0.1) is 6.92 Å². The molecule has 0 N–H and O–H groups in total. The first kappa shape index (κ1) is 7.07. The molecule has 0 aromatic carbocycles. The lowest BCUT2D eigenvalue weighted by atomic mass is 10.4. The molecule has 2 heteroatoms. The van der Waals surface area contributed by atoms with E-state index in [1.54, 1.807) is 11.3 Å². The van der Waals surface area contributed by atoms with Crippen molar-refractivity contribution in [1.29, 1.82) is 0 Å². The molecule has 0 saturated carbocycles. The number of rotatable bonds is 0. The van der Waals surface area contributed by atoms with Gasteiger partial charge in [0.25, 0.3) is 0 Å². The zero-order valence-electron chi connectivity index (χ0n) is 6.31. The van der Waals surface area contributed by atoms with E-state index in [-0.39, 0.29) is 0 Å². The van der Waals surface area contributed by atoms with Crippen LogP contribution in [0.25, 0.3) is 22.6 Å². The van der Waals surface area contributed by atoms with Gasteiger partial charge in [-0.3, -0.25) is 0 Å². The van der Waals surface area contributed by atoms with Crippen LogP contribution < -0.4 is 9.75 Å². The third-order valence-corrected chi connectivity index (χ3v) is 3.94. The molecule has 2 aromatic heterocycles. The van der Waals surface area contributed by atoms with Crippen molar-refractivity contribution in [2.75, 3.05) is 0 Å². The maximum absolute atomic E-state index is 3.98. The Morgan fingerprint density at radius 2 is 2.00 bits per heavy atom. The second kappa shape index (κ2) is 2.19. The first-order chi connectivity index (χ1) is 5.18. The van der Waals surface area contributed by atoms with Gasteiger partial charge in [-0.2, -0.15) is 0 Å². The molecule has 0 aliphatic rings. The fourth-order valence-electron chi connectivity index (χ4n) is 1.10. The Bertz CT molecular complexity index is 487. The fourth-order valence-corrected chi connectivity index (χ4v) is 3.33. The van der Waals surface area contributed by atoms with Crippen molar-refractivity contribution in [2.45, 2.75) is 6.92 Å². The third kappa shape index (κ3) is 0.940. The van der Waals surface area contributed by atoms with Crippen LogP contribution in [0.2, 0.25) is 0 Å². The van der Waals surface area contributed by atoms with Crippen molar-refractivity contribution in [3.05, 3.63) is 20.7 Å². The van der Waals surface area contributed by atoms with Crippen LogP contribution in [-0.2, 0) is 0 Å². The standard InChI is InChI=1S/C9H8S2/c1-5-4-8-9(10-5)6(2)7(3)11-8/h4H,2-3H2,1H3. The van der Waals surface area contributed by atoms with E-state index < -0.39 is 0 Å². The number of hydrogen-bond acceptors (Lipinski definition) is 2. The quantitative estimate of drug-likeness (QED) is 0.582. The Morgan fingerprint density at radius 1 is 1.27 bits per heavy atom. The van der Waals surface area contributed by atoms with Crippen molar-refractivity contribution in [2.24, 2.45) is 0 Å². The summed E-state index contributed by atoms with van der Waals surface area (Å²) >= 11 is 3.54. The summed E-state index contributed by atoms with van der Waals surface area (Å²) in [6.07, 6.45) is 0. The van der Waals surface area contributed by atoms with E-state index in [4.69, 9.17) is 0 Å². The van der Waals surface area contributed by atoms with Crippen molar-refractivity contribution in [3.63, 3.8) is 0 Å². The molecule has 2 rings (SSSR count). The highest BCUT2D eigenvalue weighted by Crippen LogP contribution is 2.23. The average Bonchev–Trinajstić information content (AvgIpc) is 2.37. The fraction of sp³-hybridized carbons (Fsp3) is 0.111. The molecule has 2 aromatic rings. The van der Waals surface area contributed by atoms with Crippen molar-refractivity contribution < 1.29 is 0 Å². The summed E-state index contributed by atoms with van der Waals surface area (Å²) in [4.78, 5) is 1.36. The van der Waals surface area contributed by atoms with E-state index in [0.29, 0.717) is 0 Å². The zero-order valence-corrected chi connectivity index (χ0v) is 7.94. The van der Waals surface area contributed by atoms with Crippen molar-refractivity contribution in [1.82, 2.24) is 0 Å². The van der Waals surface area contributed by atoms with E-state index in [2.05, 4.69) is 26.1 Å². The third-order valence-electron chi connectivity index (χ3n) is 1.67. The molecular weight excluding hydrogens is 172 g/mol. The summed E-state index contributed by atoms with van der Waals surface area (Å²) in [5, 5.41) is 1.11. The highest BCUT2D eigenvalue weighted by atomic mass is 32.1. The molecule has 2 heterocycles. The van der Waals surface area contributed by atoms with Gasteiger partial charge in [-0.05, 0) is 13.0 Å². The second-order valence-electron chi connectivity index (χ2n) is 2.55. The van der Waals surface area contributed by atoms with Gasteiger partial charge in [0.05, 0.1) is 4.70 Å². The molecule has 0 nitrogen and oxygen atoms in total. The lowest BCUT2D eigenvalue weighted by molar-refractivity contribution is 1.66. The molecule has 0 spiro atoms. The minimum Gasteiger partial charge on any atom is -0.139 e. The van der Waals surface area contributed by atoms with Gasteiger partial charge in [-0.1, -0.05) is 13.2 Å². The molecule has 0 fully saturated rings. The Kier molecular flexibility index (Phi) is 1.41. The summed E-state index contributed by atoms with van der Waals surface area (Å²) in [5.74, 6) is 0. The molecular formula is C9H8S2. The smallest absolute Gasteiger partial charge is 0.0525 e. The summed E-state index contributed by atoms with van der Waals surface area (Å²) in [5.41, 5.74) is 0. The number of fused-ring (bicyclic) bond motifs is 1. The molecule has 0 bridgehead atoms. The van der Waals surface area contributed by atoms with E-state index in [9.17, 15) is 0 Å². The highest BCUT2D eigenvalue weighted by molar-refractivity contribution is 7.26. The summed E-state index contributed by atoms with van der Waals surface area (Å²) < 4.78 is 3.76. The predicted octanol–water partition coefficient (Wildman–Crippen LogP) is 2.09. The summed E-state index contributed by atoms with van der Waals surface area (Å²) in [7, 11) is 0. The van der Waals surface area contributed by atoms with Crippen LogP contribution in [0.3, 0.4) is 0 Å². The van der Waals surface area contributed by atoms with Crippen LogP contribution in [0.1, 0.15) is 4.88 Å². The SMILES string of the molecule is C=c1sc2cc(C)sc2c1=C. The minimum absolute atomic E-state index is 1.10. The van der Waals surface area contributed by atoms with Crippen LogP contribution in [-0.4, -0.2) is 0 Å². The molecule has 0 unspecified atom stereocenters. The molecule has 0 radical (unpaired) electrons.